The summed E-state index contributed by atoms with van der Waals surface area (Å²) in [6, 6.07) is 13.2. The maximum Gasteiger partial charge on any atom is 0.513 e. The van der Waals surface area contributed by atoms with Crippen LogP contribution >= 0.6 is 7.75 Å². The Labute approximate surface area is 184 Å². The van der Waals surface area contributed by atoms with Gasteiger partial charge < -0.3 is 14.2 Å². The van der Waals surface area contributed by atoms with Gasteiger partial charge in [-0.25, -0.2) is 17.7 Å². The molecule has 12 heteroatoms. The molecule has 0 aromatic heterocycles. The molecule has 0 amide bonds. The molecule has 0 radical (unpaired) electrons. The average Bonchev–Trinajstić information content (AvgIpc) is 2.80. The number of para-hydroxylation sites is 1. The molecule has 33 heavy (non-hydrogen) atoms. The van der Waals surface area contributed by atoms with Gasteiger partial charge in [-0.1, -0.05) is 48.5 Å². The second-order valence-corrected chi connectivity index (χ2v) is 8.22. The van der Waals surface area contributed by atoms with E-state index in [0.717, 1.165) is 0 Å². The second-order valence-electron chi connectivity index (χ2n) is 6.60. The lowest BCUT2D eigenvalue weighted by Gasteiger charge is -2.24. The van der Waals surface area contributed by atoms with Gasteiger partial charge in [-0.05, 0) is 24.1 Å². The van der Waals surface area contributed by atoms with E-state index in [1.165, 1.54) is 24.3 Å². The Hall–Kier alpha value is -3.43. The van der Waals surface area contributed by atoms with Gasteiger partial charge in [0.05, 0.1) is 0 Å². The molecule has 1 unspecified atom stereocenters. The summed E-state index contributed by atoms with van der Waals surface area (Å²) in [7, 11) is -5.09. The molecule has 0 saturated carbocycles. The zero-order valence-electron chi connectivity index (χ0n) is 16.5. The number of nitrogens with one attached hydrogen (secondary N) is 1. The van der Waals surface area contributed by atoms with Crippen molar-refractivity contribution in [1.82, 2.24) is 5.09 Å². The summed E-state index contributed by atoms with van der Waals surface area (Å²) in [4.78, 5) is 11.8. The van der Waals surface area contributed by atoms with Crippen molar-refractivity contribution in [2.75, 3.05) is 0 Å². The molecule has 0 heterocycles. The van der Waals surface area contributed by atoms with Crippen molar-refractivity contribution in [3.05, 3.63) is 95.3 Å². The van der Waals surface area contributed by atoms with Gasteiger partial charge in [0.2, 0.25) is 34.8 Å². The smallest absolute Gasteiger partial charge is 0.480 e. The van der Waals surface area contributed by atoms with Crippen molar-refractivity contribution >= 4 is 13.7 Å². The van der Waals surface area contributed by atoms with Gasteiger partial charge in [0.1, 0.15) is 11.8 Å². The molecule has 0 fully saturated rings. The molecule has 3 rings (SSSR count). The second kappa shape index (κ2) is 10.0. The zero-order chi connectivity index (χ0) is 24.2. The molecule has 0 aliphatic rings. The van der Waals surface area contributed by atoms with Crippen LogP contribution in [0.3, 0.4) is 0 Å². The highest BCUT2D eigenvalue weighted by Gasteiger charge is 2.39. The minimum absolute atomic E-state index is 0.193. The Morgan fingerprint density at radius 2 is 1.30 bits per heavy atom. The predicted octanol–water partition coefficient (Wildman–Crippen LogP) is 5.23. The maximum absolute atomic E-state index is 14.1. The molecule has 2 N–H and O–H groups in total. The van der Waals surface area contributed by atoms with Gasteiger partial charge >= 0.3 is 13.7 Å². The average molecular weight is 487 g/mol. The van der Waals surface area contributed by atoms with Gasteiger partial charge in [-0.2, -0.15) is 13.9 Å². The van der Waals surface area contributed by atoms with Crippen molar-refractivity contribution in [1.29, 1.82) is 0 Å². The first-order valence-corrected chi connectivity index (χ1v) is 10.8. The third kappa shape index (κ3) is 5.68. The van der Waals surface area contributed by atoms with Crippen molar-refractivity contribution in [2.45, 2.75) is 12.5 Å². The molecule has 6 nitrogen and oxygen atoms in total. The number of carbonyl (C=O) groups is 1. The highest BCUT2D eigenvalue weighted by molar-refractivity contribution is 7.52. The van der Waals surface area contributed by atoms with Crippen molar-refractivity contribution < 1.29 is 45.5 Å². The minimum Gasteiger partial charge on any atom is -0.480 e. The minimum atomic E-state index is -5.09. The third-order valence-corrected chi connectivity index (χ3v) is 5.75. The third-order valence-electron chi connectivity index (χ3n) is 4.24. The highest BCUT2D eigenvalue weighted by Crippen LogP contribution is 2.47. The topological polar surface area (TPSA) is 84.9 Å². The van der Waals surface area contributed by atoms with E-state index >= 15 is 0 Å². The number of benzene rings is 3. The summed E-state index contributed by atoms with van der Waals surface area (Å²) < 4.78 is 92.0. The number of halogens is 5. The molecular formula is C21H15F5NO5P. The quantitative estimate of drug-likeness (QED) is 0.186. The first-order valence-electron chi connectivity index (χ1n) is 9.21. The Balaban J connectivity index is 2.02. The summed E-state index contributed by atoms with van der Waals surface area (Å²) in [6.45, 7) is 0. The van der Waals surface area contributed by atoms with Crippen molar-refractivity contribution in [3.63, 3.8) is 0 Å². The lowest BCUT2D eigenvalue weighted by molar-refractivity contribution is -0.139. The number of carboxylic acid groups (broad SMARTS) is 1. The van der Waals surface area contributed by atoms with E-state index in [4.69, 9.17) is 4.52 Å². The molecule has 3 aromatic rings. The molecule has 174 valence electrons. The highest BCUT2D eigenvalue weighted by atomic mass is 31.2. The molecule has 3 aromatic carbocycles. The van der Waals surface area contributed by atoms with Crippen molar-refractivity contribution in [2.24, 2.45) is 0 Å². The van der Waals surface area contributed by atoms with E-state index in [9.17, 15) is 36.4 Å². The summed E-state index contributed by atoms with van der Waals surface area (Å²) in [5.41, 5.74) is 0.472. The van der Waals surface area contributed by atoms with Crippen LogP contribution < -0.4 is 14.1 Å². The van der Waals surface area contributed by atoms with E-state index in [1.54, 1.807) is 36.4 Å². The van der Waals surface area contributed by atoms with Crippen LogP contribution in [0, 0.1) is 29.1 Å². The van der Waals surface area contributed by atoms with Crippen LogP contribution in [-0.2, 0) is 15.8 Å². The van der Waals surface area contributed by atoms with E-state index in [2.05, 4.69) is 4.52 Å². The molecule has 0 spiro atoms. The fourth-order valence-corrected chi connectivity index (χ4v) is 4.23. The number of carboxylic acids is 1. The number of hydrogen-bond donors (Lipinski definition) is 2. The SMILES string of the molecule is O=C(O)[C@H](Cc1ccccc1)NP(=O)(Oc1ccccc1)Oc1c(F)c(F)c(F)c(F)c1F. The fourth-order valence-electron chi connectivity index (χ4n) is 2.71. The molecule has 0 bridgehead atoms. The first-order chi connectivity index (χ1) is 15.6. The fraction of sp³-hybridized carbons (Fsp3) is 0.0952. The Bertz CT molecular complexity index is 1170. The van der Waals surface area contributed by atoms with Crippen LogP contribution in [0.15, 0.2) is 60.7 Å². The number of rotatable bonds is 9. The van der Waals surface area contributed by atoms with E-state index in [-0.39, 0.29) is 12.2 Å². The standard InChI is InChI=1S/C21H15F5NO5P/c22-15-16(23)18(25)20(19(26)17(15)24)32-33(30,31-13-9-5-2-6-10-13)27-14(21(28)29)11-12-7-3-1-4-8-12/h1-10,14H,11H2,(H,27,30)(H,28,29)/t14-,33?/m0/s1. The monoisotopic (exact) mass is 487 g/mol. The van der Waals surface area contributed by atoms with Crippen LogP contribution in [0.25, 0.3) is 0 Å². The Morgan fingerprint density at radius 1 is 0.818 bits per heavy atom. The summed E-state index contributed by atoms with van der Waals surface area (Å²) in [5.74, 6) is -15.6. The summed E-state index contributed by atoms with van der Waals surface area (Å²) in [5, 5.41) is 11.6. The van der Waals surface area contributed by atoms with E-state index in [1.807, 2.05) is 5.09 Å². The molecule has 0 aliphatic carbocycles. The van der Waals surface area contributed by atoms with Gasteiger partial charge in [0, 0.05) is 0 Å². The predicted molar refractivity (Wildman–Crippen MR) is 106 cm³/mol. The Kier molecular flexibility index (Phi) is 7.35. The van der Waals surface area contributed by atoms with Crippen LogP contribution in [0.5, 0.6) is 11.5 Å². The van der Waals surface area contributed by atoms with Gasteiger partial charge in [-0.15, -0.1) is 0 Å². The van der Waals surface area contributed by atoms with Crippen LogP contribution in [0.1, 0.15) is 5.56 Å². The Morgan fingerprint density at radius 3 is 1.82 bits per heavy atom. The normalized spacial score (nSPS) is 13.7. The molecule has 2 atom stereocenters. The van der Waals surface area contributed by atoms with Crippen LogP contribution in [-0.4, -0.2) is 17.1 Å². The lowest BCUT2D eigenvalue weighted by Crippen LogP contribution is -2.38. The van der Waals surface area contributed by atoms with Crippen LogP contribution in [0.2, 0.25) is 0 Å². The van der Waals surface area contributed by atoms with E-state index in [0.29, 0.717) is 5.56 Å². The van der Waals surface area contributed by atoms with E-state index < -0.39 is 54.6 Å². The first kappa shape index (κ1) is 24.2. The van der Waals surface area contributed by atoms with Gasteiger partial charge in [-0.3, -0.25) is 4.79 Å². The largest absolute Gasteiger partial charge is 0.513 e. The number of hydrogen-bond acceptors (Lipinski definition) is 4. The maximum atomic E-state index is 14.1. The van der Waals surface area contributed by atoms with Gasteiger partial charge in [0.15, 0.2) is 0 Å². The molecular weight excluding hydrogens is 472 g/mol. The van der Waals surface area contributed by atoms with Crippen molar-refractivity contribution in [3.8, 4) is 11.5 Å². The van der Waals surface area contributed by atoms with Gasteiger partial charge in [0.25, 0.3) is 0 Å². The molecule has 0 aliphatic heterocycles. The molecule has 0 saturated heterocycles. The lowest BCUT2D eigenvalue weighted by atomic mass is 10.1. The number of aliphatic carboxylic acids is 1. The summed E-state index contributed by atoms with van der Waals surface area (Å²) >= 11 is 0. The van der Waals surface area contributed by atoms with Crippen LogP contribution in [0.4, 0.5) is 22.0 Å². The summed E-state index contributed by atoms with van der Waals surface area (Å²) in [6.07, 6.45) is -0.279. The zero-order valence-corrected chi connectivity index (χ0v) is 17.4.